The number of rotatable bonds is 6. The number of esters is 1. The normalized spacial score (nSPS) is 13.9. The minimum absolute atomic E-state index is 0.0150. The van der Waals surface area contributed by atoms with Crippen molar-refractivity contribution >= 4 is 38.6 Å². The monoisotopic (exact) mass is 523 g/mol. The van der Waals surface area contributed by atoms with E-state index in [1.54, 1.807) is 48.5 Å². The van der Waals surface area contributed by atoms with Crippen LogP contribution in [0.1, 0.15) is 34.7 Å². The molecule has 36 heavy (non-hydrogen) atoms. The van der Waals surface area contributed by atoms with E-state index in [1.165, 1.54) is 18.2 Å². The second-order valence-corrected chi connectivity index (χ2v) is 10.8. The Hall–Kier alpha value is -3.46. The van der Waals surface area contributed by atoms with Crippen molar-refractivity contribution in [1.82, 2.24) is 4.72 Å². The van der Waals surface area contributed by atoms with Gasteiger partial charge in [-0.25, -0.2) is 18.0 Å². The van der Waals surface area contributed by atoms with E-state index in [1.807, 2.05) is 6.92 Å². The Morgan fingerprint density at radius 2 is 1.72 bits per heavy atom. The zero-order valence-electron chi connectivity index (χ0n) is 19.3. The van der Waals surface area contributed by atoms with Gasteiger partial charge in [0.15, 0.2) is 5.75 Å². The van der Waals surface area contributed by atoms with Gasteiger partial charge in [-0.2, -0.15) is 4.72 Å². The lowest BCUT2D eigenvalue weighted by atomic mass is 10.1. The number of aryl methyl sites for hydroxylation is 2. The number of nitrogens with one attached hydrogen (secondary N) is 1. The first-order chi connectivity index (χ1) is 17.2. The molecule has 4 aromatic rings. The Labute approximate surface area is 212 Å². The van der Waals surface area contributed by atoms with E-state index in [0.29, 0.717) is 22.9 Å². The third-order valence-corrected chi connectivity index (χ3v) is 7.94. The van der Waals surface area contributed by atoms with Crippen LogP contribution in [0.15, 0.2) is 80.8 Å². The van der Waals surface area contributed by atoms with E-state index in [2.05, 4.69) is 4.72 Å². The maximum atomic E-state index is 13.3. The summed E-state index contributed by atoms with van der Waals surface area (Å²) >= 11 is 6.45. The van der Waals surface area contributed by atoms with Gasteiger partial charge in [0, 0.05) is 17.0 Å². The van der Waals surface area contributed by atoms with Crippen molar-refractivity contribution in [1.29, 1.82) is 0 Å². The number of fused-ring (bicyclic) bond motifs is 3. The zero-order chi connectivity index (χ0) is 25.4. The van der Waals surface area contributed by atoms with Crippen LogP contribution in [0.5, 0.6) is 5.75 Å². The van der Waals surface area contributed by atoms with E-state index in [9.17, 15) is 18.0 Å². The molecule has 0 fully saturated rings. The topological polar surface area (TPSA) is 103 Å². The summed E-state index contributed by atoms with van der Waals surface area (Å²) in [6.07, 6.45) is 2.25. The SMILES string of the molecule is Cc1ccc(S(=O)(=O)N[C@H](C(=O)Oc2cc3oc(=O)c4c(c3cc2Cl)CCC4)c2ccccc2)cc1. The van der Waals surface area contributed by atoms with Crippen LogP contribution in [0, 0.1) is 6.92 Å². The lowest BCUT2D eigenvalue weighted by Gasteiger charge is -2.19. The number of carbonyl (C=O) groups excluding carboxylic acids is 1. The highest BCUT2D eigenvalue weighted by molar-refractivity contribution is 7.89. The van der Waals surface area contributed by atoms with Crippen molar-refractivity contribution in [3.05, 3.63) is 104 Å². The van der Waals surface area contributed by atoms with Gasteiger partial charge in [-0.05, 0) is 55.5 Å². The largest absolute Gasteiger partial charge is 0.423 e. The lowest BCUT2D eigenvalue weighted by Crippen LogP contribution is -2.36. The second-order valence-electron chi connectivity index (χ2n) is 8.68. The zero-order valence-corrected chi connectivity index (χ0v) is 20.9. The summed E-state index contributed by atoms with van der Waals surface area (Å²) in [5.41, 5.74) is 2.68. The van der Waals surface area contributed by atoms with Crippen molar-refractivity contribution in [3.8, 4) is 5.75 Å². The third-order valence-electron chi connectivity index (χ3n) is 6.21. The molecule has 3 aromatic carbocycles. The Balaban J connectivity index is 1.50. The van der Waals surface area contributed by atoms with Crippen molar-refractivity contribution in [2.75, 3.05) is 0 Å². The Morgan fingerprint density at radius 1 is 1.03 bits per heavy atom. The van der Waals surface area contributed by atoms with Gasteiger partial charge in [-0.15, -0.1) is 0 Å². The molecule has 1 aliphatic rings. The van der Waals surface area contributed by atoms with Crippen molar-refractivity contribution in [2.45, 2.75) is 37.1 Å². The number of ether oxygens (including phenoxy) is 1. The molecule has 5 rings (SSSR count). The molecule has 1 aliphatic carbocycles. The minimum atomic E-state index is -4.06. The number of carbonyl (C=O) groups is 1. The van der Waals surface area contributed by atoms with Crippen LogP contribution < -0.4 is 15.1 Å². The van der Waals surface area contributed by atoms with Gasteiger partial charge < -0.3 is 9.15 Å². The third kappa shape index (κ3) is 4.67. The standard InChI is InChI=1S/C27H22ClNO6S/c1-16-10-12-18(13-11-16)36(32,33)29-25(17-6-3-2-4-7-17)27(31)35-24-15-23-21(14-22(24)28)19-8-5-9-20(19)26(30)34-23/h2-4,6-7,10-15,25,29H,5,8-9H2,1H3/t25-/m0/s1. The first-order valence-corrected chi connectivity index (χ1v) is 13.2. The highest BCUT2D eigenvalue weighted by Gasteiger charge is 2.30. The van der Waals surface area contributed by atoms with Gasteiger partial charge >= 0.3 is 11.6 Å². The summed E-state index contributed by atoms with van der Waals surface area (Å²) in [4.78, 5) is 25.7. The summed E-state index contributed by atoms with van der Waals surface area (Å²) in [7, 11) is -4.06. The maximum Gasteiger partial charge on any atom is 0.339 e. The van der Waals surface area contributed by atoms with Crippen molar-refractivity contribution in [2.24, 2.45) is 0 Å². The van der Waals surface area contributed by atoms with Gasteiger partial charge in [0.05, 0.1) is 9.92 Å². The Morgan fingerprint density at radius 3 is 2.44 bits per heavy atom. The van der Waals surface area contributed by atoms with E-state index in [-0.39, 0.29) is 21.3 Å². The van der Waals surface area contributed by atoms with Gasteiger partial charge in [-0.1, -0.05) is 59.6 Å². The van der Waals surface area contributed by atoms with Crippen molar-refractivity contribution in [3.63, 3.8) is 0 Å². The molecule has 0 radical (unpaired) electrons. The lowest BCUT2D eigenvalue weighted by molar-refractivity contribution is -0.136. The Kier molecular flexibility index (Phi) is 6.42. The quantitative estimate of drug-likeness (QED) is 0.220. The molecule has 0 aliphatic heterocycles. The number of hydrogen-bond acceptors (Lipinski definition) is 6. The molecule has 7 nitrogen and oxygen atoms in total. The Bertz CT molecular complexity index is 1630. The van der Waals surface area contributed by atoms with E-state index in [4.69, 9.17) is 20.8 Å². The van der Waals surface area contributed by atoms with Gasteiger partial charge in [0.25, 0.3) is 0 Å². The summed E-state index contributed by atoms with van der Waals surface area (Å²) in [5, 5.41) is 0.846. The smallest absolute Gasteiger partial charge is 0.339 e. The average molecular weight is 524 g/mol. The minimum Gasteiger partial charge on any atom is -0.423 e. The second kappa shape index (κ2) is 9.54. The molecule has 184 valence electrons. The van der Waals surface area contributed by atoms with Gasteiger partial charge in [0.2, 0.25) is 10.0 Å². The first kappa shape index (κ1) is 24.2. The molecule has 1 N–H and O–H groups in total. The van der Waals surface area contributed by atoms with Crippen LogP contribution in [0.25, 0.3) is 11.0 Å². The molecular formula is C27H22ClNO6S. The molecule has 0 spiro atoms. The molecular weight excluding hydrogens is 502 g/mol. The highest BCUT2D eigenvalue weighted by atomic mass is 35.5. The van der Waals surface area contributed by atoms with E-state index in [0.717, 1.165) is 24.0 Å². The summed E-state index contributed by atoms with van der Waals surface area (Å²) in [6.45, 7) is 1.84. The fourth-order valence-electron chi connectivity index (χ4n) is 4.37. The van der Waals surface area contributed by atoms with Crippen molar-refractivity contribution < 1.29 is 22.4 Å². The number of halogens is 1. The molecule has 0 amide bonds. The fourth-order valence-corrected chi connectivity index (χ4v) is 5.74. The van der Waals surface area contributed by atoms with Gasteiger partial charge in [-0.3, -0.25) is 0 Å². The van der Waals surface area contributed by atoms with Crippen LogP contribution in [0.2, 0.25) is 5.02 Å². The van der Waals surface area contributed by atoms with E-state index < -0.39 is 27.7 Å². The number of hydrogen-bond donors (Lipinski definition) is 1. The number of sulfonamides is 1. The van der Waals surface area contributed by atoms with Crippen LogP contribution in [0.4, 0.5) is 0 Å². The van der Waals surface area contributed by atoms with Crippen LogP contribution in [-0.2, 0) is 27.7 Å². The van der Waals surface area contributed by atoms with E-state index >= 15 is 0 Å². The molecule has 1 atom stereocenters. The summed E-state index contributed by atoms with van der Waals surface area (Å²) < 4.78 is 39.6. The van der Waals surface area contributed by atoms with Gasteiger partial charge in [0.1, 0.15) is 11.6 Å². The molecule has 1 heterocycles. The molecule has 0 saturated heterocycles. The molecule has 9 heteroatoms. The first-order valence-electron chi connectivity index (χ1n) is 11.4. The molecule has 0 saturated carbocycles. The highest BCUT2D eigenvalue weighted by Crippen LogP contribution is 2.35. The van der Waals surface area contributed by atoms with Crippen LogP contribution >= 0.6 is 11.6 Å². The summed E-state index contributed by atoms with van der Waals surface area (Å²) in [5.74, 6) is -0.924. The molecule has 0 bridgehead atoms. The summed E-state index contributed by atoms with van der Waals surface area (Å²) in [6, 6.07) is 16.3. The predicted molar refractivity (Wildman–Crippen MR) is 136 cm³/mol. The van der Waals surface area contributed by atoms with Crippen LogP contribution in [-0.4, -0.2) is 14.4 Å². The van der Waals surface area contributed by atoms with Crippen LogP contribution in [0.3, 0.4) is 0 Å². The predicted octanol–water partition coefficient (Wildman–Crippen LogP) is 4.87. The maximum absolute atomic E-state index is 13.3. The average Bonchev–Trinajstić information content (AvgIpc) is 3.36. The fraction of sp³-hybridized carbons (Fsp3) is 0.185. The molecule has 1 aromatic heterocycles. The number of benzene rings is 3. The molecule has 0 unspecified atom stereocenters.